The van der Waals surface area contributed by atoms with Gasteiger partial charge in [0.1, 0.15) is 5.41 Å². The van der Waals surface area contributed by atoms with Crippen LogP contribution in [0.15, 0.2) is 24.3 Å². The van der Waals surface area contributed by atoms with E-state index in [1.165, 1.54) is 0 Å². The predicted molar refractivity (Wildman–Crippen MR) is 99.7 cm³/mol. The van der Waals surface area contributed by atoms with Crippen molar-refractivity contribution >= 4 is 23.4 Å². The highest BCUT2D eigenvalue weighted by Gasteiger charge is 2.59. The maximum atomic E-state index is 13.2. The zero-order valence-electron chi connectivity index (χ0n) is 15.8. The Hall–Kier alpha value is -2.37. The normalized spacial score (nSPS) is 18.4. The van der Waals surface area contributed by atoms with Crippen LogP contribution in [0.4, 0.5) is 5.69 Å². The first-order chi connectivity index (χ1) is 12.4. The highest BCUT2D eigenvalue weighted by Crippen LogP contribution is 2.49. The molecule has 1 aliphatic heterocycles. The summed E-state index contributed by atoms with van der Waals surface area (Å²) in [5.74, 6) is -0.132. The van der Waals surface area contributed by atoms with E-state index in [-0.39, 0.29) is 17.7 Å². The molecule has 6 heteroatoms. The third-order valence-electron chi connectivity index (χ3n) is 5.46. The van der Waals surface area contributed by atoms with Crippen LogP contribution < -0.4 is 4.90 Å². The highest BCUT2D eigenvalue weighted by molar-refractivity contribution is 6.14. The van der Waals surface area contributed by atoms with Gasteiger partial charge in [-0.15, -0.1) is 0 Å². The second-order valence-corrected chi connectivity index (χ2v) is 7.27. The average molecular weight is 357 g/mol. The number of anilines is 1. The number of nitrogens with zero attached hydrogens (tertiary/aromatic N) is 3. The summed E-state index contributed by atoms with van der Waals surface area (Å²) in [7, 11) is 0. The smallest absolute Gasteiger partial charge is 0.242 e. The van der Waals surface area contributed by atoms with Gasteiger partial charge in [0.15, 0.2) is 0 Å². The molecule has 1 aromatic carbocycles. The second kappa shape index (κ2) is 7.09. The Morgan fingerprint density at radius 1 is 1.08 bits per heavy atom. The van der Waals surface area contributed by atoms with Crippen molar-refractivity contribution < 1.29 is 14.4 Å². The van der Waals surface area contributed by atoms with Crippen molar-refractivity contribution in [2.75, 3.05) is 37.6 Å². The summed E-state index contributed by atoms with van der Waals surface area (Å²) in [4.78, 5) is 43.0. The van der Waals surface area contributed by atoms with Gasteiger partial charge in [0.2, 0.25) is 17.7 Å². The molecule has 1 aliphatic carbocycles. The van der Waals surface area contributed by atoms with Crippen molar-refractivity contribution in [1.82, 2.24) is 9.80 Å². The molecule has 140 valence electrons. The summed E-state index contributed by atoms with van der Waals surface area (Å²) in [5, 5.41) is 0. The van der Waals surface area contributed by atoms with Gasteiger partial charge < -0.3 is 14.7 Å². The van der Waals surface area contributed by atoms with E-state index in [2.05, 4.69) is 0 Å². The molecule has 0 radical (unpaired) electrons. The molecular weight excluding hydrogens is 330 g/mol. The molecule has 1 heterocycles. The van der Waals surface area contributed by atoms with Crippen molar-refractivity contribution in [3.8, 4) is 0 Å². The Morgan fingerprint density at radius 3 is 2.19 bits per heavy atom. The van der Waals surface area contributed by atoms with Crippen LogP contribution in [0.25, 0.3) is 0 Å². The molecule has 0 spiro atoms. The molecule has 1 saturated carbocycles. The summed E-state index contributed by atoms with van der Waals surface area (Å²) >= 11 is 0. The average Bonchev–Trinajstić information content (AvgIpc) is 3.44. The van der Waals surface area contributed by atoms with Crippen LogP contribution in [0.2, 0.25) is 0 Å². The van der Waals surface area contributed by atoms with Crippen molar-refractivity contribution in [2.24, 2.45) is 5.41 Å². The number of carbonyl (C=O) groups excluding carboxylic acids is 3. The van der Waals surface area contributed by atoms with Gasteiger partial charge in [-0.25, -0.2) is 0 Å². The van der Waals surface area contributed by atoms with E-state index < -0.39 is 5.41 Å². The number of hydrogen-bond donors (Lipinski definition) is 0. The van der Waals surface area contributed by atoms with Gasteiger partial charge in [-0.1, -0.05) is 12.1 Å². The number of amides is 3. The second-order valence-electron chi connectivity index (χ2n) is 7.27. The molecule has 1 saturated heterocycles. The third kappa shape index (κ3) is 3.32. The lowest BCUT2D eigenvalue weighted by Gasteiger charge is -2.36. The number of carbonyl (C=O) groups is 3. The van der Waals surface area contributed by atoms with E-state index >= 15 is 0 Å². The highest BCUT2D eigenvalue weighted by atomic mass is 16.2. The number of rotatable bonds is 4. The van der Waals surface area contributed by atoms with Crippen LogP contribution in [0.1, 0.15) is 32.3 Å². The van der Waals surface area contributed by atoms with E-state index in [4.69, 9.17) is 0 Å². The first-order valence-electron chi connectivity index (χ1n) is 9.32. The summed E-state index contributed by atoms with van der Waals surface area (Å²) in [6.07, 6.45) is 1.22. The largest absolute Gasteiger partial charge is 0.339 e. The van der Waals surface area contributed by atoms with Crippen molar-refractivity contribution in [3.63, 3.8) is 0 Å². The fraction of sp³-hybridized carbons (Fsp3) is 0.550. The van der Waals surface area contributed by atoms with E-state index in [0.717, 1.165) is 11.3 Å². The Labute approximate surface area is 154 Å². The summed E-state index contributed by atoms with van der Waals surface area (Å²) in [5.41, 5.74) is 1.03. The van der Waals surface area contributed by atoms with Crippen LogP contribution in [0.3, 0.4) is 0 Å². The minimum absolute atomic E-state index is 0.0333. The van der Waals surface area contributed by atoms with E-state index in [0.29, 0.717) is 45.6 Å². The van der Waals surface area contributed by atoms with Crippen molar-refractivity contribution in [2.45, 2.75) is 33.6 Å². The zero-order chi connectivity index (χ0) is 18.9. The van der Waals surface area contributed by atoms with Gasteiger partial charge in [0.25, 0.3) is 0 Å². The minimum atomic E-state index is -0.905. The lowest BCUT2D eigenvalue weighted by molar-refractivity contribution is -0.146. The van der Waals surface area contributed by atoms with Gasteiger partial charge in [0, 0.05) is 45.3 Å². The maximum absolute atomic E-state index is 13.2. The molecule has 1 aromatic rings. The molecule has 6 nitrogen and oxygen atoms in total. The van der Waals surface area contributed by atoms with E-state index in [1.54, 1.807) is 21.6 Å². The molecular formula is C20H27N3O3. The SMILES string of the molecule is CCN(C(=O)C1(C(=O)N2CCN(C(C)=O)CC2)CC1)c1cccc(C)c1. The zero-order valence-corrected chi connectivity index (χ0v) is 15.8. The first kappa shape index (κ1) is 18.4. The lowest BCUT2D eigenvalue weighted by Crippen LogP contribution is -2.54. The Balaban J connectivity index is 1.74. The number of piperazine rings is 1. The van der Waals surface area contributed by atoms with Gasteiger partial charge in [-0.3, -0.25) is 14.4 Å². The minimum Gasteiger partial charge on any atom is -0.339 e. The van der Waals surface area contributed by atoms with Crippen LogP contribution in [-0.4, -0.2) is 60.2 Å². The van der Waals surface area contributed by atoms with Crippen LogP contribution in [-0.2, 0) is 14.4 Å². The van der Waals surface area contributed by atoms with E-state index in [1.807, 2.05) is 38.1 Å². The van der Waals surface area contributed by atoms with Crippen molar-refractivity contribution in [1.29, 1.82) is 0 Å². The molecule has 0 bridgehead atoms. The fourth-order valence-corrected chi connectivity index (χ4v) is 3.67. The van der Waals surface area contributed by atoms with Gasteiger partial charge >= 0.3 is 0 Å². The molecule has 3 rings (SSSR count). The summed E-state index contributed by atoms with van der Waals surface area (Å²) < 4.78 is 0. The summed E-state index contributed by atoms with van der Waals surface area (Å²) in [6.45, 7) is 8.11. The number of hydrogen-bond acceptors (Lipinski definition) is 3. The molecule has 2 aliphatic rings. The van der Waals surface area contributed by atoms with Gasteiger partial charge in [0.05, 0.1) is 0 Å². The van der Waals surface area contributed by atoms with Gasteiger partial charge in [-0.05, 0) is 44.4 Å². The predicted octanol–water partition coefficient (Wildman–Crippen LogP) is 1.82. The monoisotopic (exact) mass is 357 g/mol. The van der Waals surface area contributed by atoms with E-state index in [9.17, 15) is 14.4 Å². The third-order valence-corrected chi connectivity index (χ3v) is 5.46. The maximum Gasteiger partial charge on any atom is 0.242 e. The molecule has 0 aromatic heterocycles. The Kier molecular flexibility index (Phi) is 5.03. The molecule has 0 N–H and O–H groups in total. The first-order valence-corrected chi connectivity index (χ1v) is 9.32. The molecule has 2 fully saturated rings. The van der Waals surface area contributed by atoms with Crippen LogP contribution in [0, 0.1) is 12.3 Å². The molecule has 0 atom stereocenters. The molecule has 0 unspecified atom stereocenters. The fourth-order valence-electron chi connectivity index (χ4n) is 3.67. The van der Waals surface area contributed by atoms with Gasteiger partial charge in [-0.2, -0.15) is 0 Å². The Bertz CT molecular complexity index is 719. The van der Waals surface area contributed by atoms with Crippen LogP contribution >= 0.6 is 0 Å². The van der Waals surface area contributed by atoms with Crippen molar-refractivity contribution in [3.05, 3.63) is 29.8 Å². The topological polar surface area (TPSA) is 60.9 Å². The lowest BCUT2D eigenvalue weighted by atomic mass is 10.0. The molecule has 3 amide bonds. The standard InChI is InChI=1S/C20H27N3O3/c1-4-23(17-7-5-6-15(2)14-17)19(26)20(8-9-20)18(25)22-12-10-21(11-13-22)16(3)24/h5-7,14H,4,8-13H2,1-3H3. The Morgan fingerprint density at radius 2 is 1.69 bits per heavy atom. The number of benzene rings is 1. The quantitative estimate of drug-likeness (QED) is 0.772. The summed E-state index contributed by atoms with van der Waals surface area (Å²) in [6, 6.07) is 7.82. The number of aryl methyl sites for hydroxylation is 1. The van der Waals surface area contributed by atoms with Crippen LogP contribution in [0.5, 0.6) is 0 Å². The molecule has 26 heavy (non-hydrogen) atoms.